The molecular formula is C14H20N2. The first-order valence-electron chi connectivity index (χ1n) is 6.08. The number of benzene rings is 1. The zero-order valence-electron chi connectivity index (χ0n) is 10.2. The van der Waals surface area contributed by atoms with E-state index in [9.17, 15) is 0 Å². The Balaban J connectivity index is 2.41. The fraction of sp³-hybridized carbons (Fsp3) is 0.429. The van der Waals surface area contributed by atoms with Crippen molar-refractivity contribution in [2.45, 2.75) is 32.9 Å². The molecule has 0 bridgehead atoms. The zero-order valence-corrected chi connectivity index (χ0v) is 10.2. The molecule has 1 N–H and O–H groups in total. The summed E-state index contributed by atoms with van der Waals surface area (Å²) >= 11 is 0. The predicted octanol–water partition coefficient (Wildman–Crippen LogP) is 3.16. The second kappa shape index (κ2) is 5.17. The molecule has 0 aliphatic carbocycles. The molecule has 2 rings (SSSR count). The van der Waals surface area contributed by atoms with Crippen molar-refractivity contribution in [3.63, 3.8) is 0 Å². The van der Waals surface area contributed by atoms with Crippen LogP contribution in [-0.2, 0) is 13.1 Å². The minimum atomic E-state index is 0.938. The molecule has 0 aliphatic heterocycles. The van der Waals surface area contributed by atoms with Gasteiger partial charge in [0, 0.05) is 19.3 Å². The lowest BCUT2D eigenvalue weighted by Gasteiger charge is -2.09. The highest BCUT2D eigenvalue weighted by molar-refractivity contribution is 5.83. The molecule has 1 aromatic heterocycles. The minimum Gasteiger partial charge on any atom is -0.347 e. The first kappa shape index (κ1) is 11.2. The molecule has 2 aromatic rings. The van der Waals surface area contributed by atoms with Crippen LogP contribution in [0.5, 0.6) is 0 Å². The molecule has 86 valence electrons. The minimum absolute atomic E-state index is 0.938. The Morgan fingerprint density at radius 1 is 1.25 bits per heavy atom. The fourth-order valence-corrected chi connectivity index (χ4v) is 2.19. The van der Waals surface area contributed by atoms with E-state index < -0.39 is 0 Å². The monoisotopic (exact) mass is 216 g/mol. The highest BCUT2D eigenvalue weighted by atomic mass is 15.0. The van der Waals surface area contributed by atoms with Gasteiger partial charge in [-0.2, -0.15) is 0 Å². The summed E-state index contributed by atoms with van der Waals surface area (Å²) in [6.07, 6.45) is 4.70. The highest BCUT2D eigenvalue weighted by Gasteiger charge is 2.05. The van der Waals surface area contributed by atoms with E-state index >= 15 is 0 Å². The summed E-state index contributed by atoms with van der Waals surface area (Å²) in [7, 11) is 2.00. The van der Waals surface area contributed by atoms with E-state index in [4.69, 9.17) is 0 Å². The molecule has 2 heteroatoms. The largest absolute Gasteiger partial charge is 0.347 e. The van der Waals surface area contributed by atoms with Crippen LogP contribution in [0.3, 0.4) is 0 Å². The number of unbranched alkanes of at least 4 members (excludes halogenated alkanes) is 1. The normalized spacial score (nSPS) is 11.1. The lowest BCUT2D eigenvalue weighted by atomic mass is 10.1. The van der Waals surface area contributed by atoms with Crippen LogP contribution in [0.15, 0.2) is 30.5 Å². The number of nitrogens with one attached hydrogen (secondary N) is 1. The quantitative estimate of drug-likeness (QED) is 0.812. The summed E-state index contributed by atoms with van der Waals surface area (Å²) in [6, 6.07) is 8.75. The van der Waals surface area contributed by atoms with Gasteiger partial charge in [-0.25, -0.2) is 0 Å². The van der Waals surface area contributed by atoms with Gasteiger partial charge < -0.3 is 9.88 Å². The molecule has 16 heavy (non-hydrogen) atoms. The number of hydrogen-bond acceptors (Lipinski definition) is 1. The standard InChI is InChI=1S/C14H20N2/c1-3-4-9-16-10-8-12-6-5-7-13(11-15-2)14(12)16/h5-8,10,15H,3-4,9,11H2,1-2H3. The molecule has 0 aliphatic rings. The molecule has 0 spiro atoms. The summed E-state index contributed by atoms with van der Waals surface area (Å²) in [6.45, 7) is 4.30. The van der Waals surface area contributed by atoms with Crippen molar-refractivity contribution in [1.29, 1.82) is 0 Å². The molecule has 0 atom stereocenters. The van der Waals surface area contributed by atoms with Gasteiger partial charge in [-0.1, -0.05) is 31.5 Å². The lowest BCUT2D eigenvalue weighted by Crippen LogP contribution is -2.07. The molecule has 1 heterocycles. The third-order valence-electron chi connectivity index (χ3n) is 2.99. The van der Waals surface area contributed by atoms with Gasteiger partial charge >= 0.3 is 0 Å². The maximum absolute atomic E-state index is 3.24. The first-order chi connectivity index (χ1) is 7.86. The Morgan fingerprint density at radius 3 is 2.88 bits per heavy atom. The number of rotatable bonds is 5. The van der Waals surface area contributed by atoms with Gasteiger partial charge in [-0.05, 0) is 30.5 Å². The third kappa shape index (κ3) is 2.12. The fourth-order valence-electron chi connectivity index (χ4n) is 2.19. The number of fused-ring (bicyclic) bond motifs is 1. The lowest BCUT2D eigenvalue weighted by molar-refractivity contribution is 0.647. The number of nitrogens with zero attached hydrogens (tertiary/aromatic N) is 1. The van der Waals surface area contributed by atoms with E-state index in [0.29, 0.717) is 0 Å². The van der Waals surface area contributed by atoms with Crippen molar-refractivity contribution < 1.29 is 0 Å². The van der Waals surface area contributed by atoms with Gasteiger partial charge in [-0.15, -0.1) is 0 Å². The van der Waals surface area contributed by atoms with Crippen molar-refractivity contribution in [3.8, 4) is 0 Å². The average Bonchev–Trinajstić information content (AvgIpc) is 2.71. The molecular weight excluding hydrogens is 196 g/mol. The van der Waals surface area contributed by atoms with Crippen molar-refractivity contribution in [3.05, 3.63) is 36.0 Å². The van der Waals surface area contributed by atoms with E-state index in [1.54, 1.807) is 0 Å². The van der Waals surface area contributed by atoms with Gasteiger partial charge in [0.15, 0.2) is 0 Å². The molecule has 0 radical (unpaired) electrons. The SMILES string of the molecule is CCCCn1ccc2cccc(CNC)c21. The smallest absolute Gasteiger partial charge is 0.0525 e. The van der Waals surface area contributed by atoms with Gasteiger partial charge in [0.05, 0.1) is 5.52 Å². The molecule has 0 saturated heterocycles. The van der Waals surface area contributed by atoms with E-state index in [0.717, 1.165) is 13.1 Å². The molecule has 0 saturated carbocycles. The Bertz CT molecular complexity index is 457. The number of hydrogen-bond donors (Lipinski definition) is 1. The molecule has 2 nitrogen and oxygen atoms in total. The van der Waals surface area contributed by atoms with Crippen molar-refractivity contribution in [2.24, 2.45) is 0 Å². The Labute approximate surface area is 97.3 Å². The first-order valence-corrected chi connectivity index (χ1v) is 6.08. The molecule has 0 amide bonds. The summed E-state index contributed by atoms with van der Waals surface area (Å²) in [5.74, 6) is 0. The maximum atomic E-state index is 3.24. The second-order valence-electron chi connectivity index (χ2n) is 4.25. The Hall–Kier alpha value is -1.28. The van der Waals surface area contributed by atoms with E-state index in [1.165, 1.54) is 29.3 Å². The summed E-state index contributed by atoms with van der Waals surface area (Å²) in [4.78, 5) is 0. The molecule has 0 fully saturated rings. The second-order valence-corrected chi connectivity index (χ2v) is 4.25. The van der Waals surface area contributed by atoms with E-state index in [2.05, 4.69) is 47.3 Å². The zero-order chi connectivity index (χ0) is 11.4. The predicted molar refractivity (Wildman–Crippen MR) is 69.6 cm³/mol. The number of aromatic nitrogens is 1. The van der Waals surface area contributed by atoms with Crippen LogP contribution in [0.4, 0.5) is 0 Å². The van der Waals surface area contributed by atoms with Crippen LogP contribution in [0, 0.1) is 0 Å². The Kier molecular flexibility index (Phi) is 3.62. The van der Waals surface area contributed by atoms with E-state index in [-0.39, 0.29) is 0 Å². The highest BCUT2D eigenvalue weighted by Crippen LogP contribution is 2.20. The Morgan fingerprint density at radius 2 is 2.12 bits per heavy atom. The van der Waals surface area contributed by atoms with Gasteiger partial charge in [0.2, 0.25) is 0 Å². The van der Waals surface area contributed by atoms with Crippen molar-refractivity contribution >= 4 is 10.9 Å². The third-order valence-corrected chi connectivity index (χ3v) is 2.99. The number of aryl methyl sites for hydroxylation is 1. The number of para-hydroxylation sites is 1. The topological polar surface area (TPSA) is 17.0 Å². The van der Waals surface area contributed by atoms with Crippen molar-refractivity contribution in [1.82, 2.24) is 9.88 Å². The van der Waals surface area contributed by atoms with Crippen LogP contribution in [0.2, 0.25) is 0 Å². The van der Waals surface area contributed by atoms with Gasteiger partial charge in [0.25, 0.3) is 0 Å². The van der Waals surface area contributed by atoms with Crippen LogP contribution in [0.1, 0.15) is 25.3 Å². The van der Waals surface area contributed by atoms with E-state index in [1.807, 2.05) is 7.05 Å². The van der Waals surface area contributed by atoms with Crippen LogP contribution in [0.25, 0.3) is 10.9 Å². The van der Waals surface area contributed by atoms with Gasteiger partial charge in [0.1, 0.15) is 0 Å². The van der Waals surface area contributed by atoms with Crippen molar-refractivity contribution in [2.75, 3.05) is 7.05 Å². The van der Waals surface area contributed by atoms with Crippen LogP contribution in [-0.4, -0.2) is 11.6 Å². The summed E-state index contributed by atoms with van der Waals surface area (Å²) in [5, 5.41) is 4.59. The summed E-state index contributed by atoms with van der Waals surface area (Å²) in [5.41, 5.74) is 2.78. The maximum Gasteiger partial charge on any atom is 0.0525 e. The van der Waals surface area contributed by atoms with Crippen LogP contribution >= 0.6 is 0 Å². The summed E-state index contributed by atoms with van der Waals surface area (Å²) < 4.78 is 2.38. The van der Waals surface area contributed by atoms with Gasteiger partial charge in [-0.3, -0.25) is 0 Å². The van der Waals surface area contributed by atoms with Crippen LogP contribution < -0.4 is 5.32 Å². The molecule has 1 aromatic carbocycles. The average molecular weight is 216 g/mol. The molecule has 0 unspecified atom stereocenters.